The van der Waals surface area contributed by atoms with Crippen molar-refractivity contribution >= 4 is 23.3 Å². The van der Waals surface area contributed by atoms with Gasteiger partial charge in [-0.1, -0.05) is 18.2 Å². The van der Waals surface area contributed by atoms with Crippen molar-refractivity contribution in [1.82, 2.24) is 15.5 Å². The van der Waals surface area contributed by atoms with Gasteiger partial charge < -0.3 is 10.1 Å². The summed E-state index contributed by atoms with van der Waals surface area (Å²) in [5.41, 5.74) is 0. The number of benzene rings is 1. The molecule has 0 fully saturated rings. The summed E-state index contributed by atoms with van der Waals surface area (Å²) in [5, 5.41) is 6.90. The van der Waals surface area contributed by atoms with Gasteiger partial charge in [-0.3, -0.25) is 15.0 Å². The summed E-state index contributed by atoms with van der Waals surface area (Å²) in [6.45, 7) is 1.16. The van der Waals surface area contributed by atoms with Crippen LogP contribution in [0.25, 0.3) is 0 Å². The van der Waals surface area contributed by atoms with Crippen molar-refractivity contribution < 1.29 is 18.7 Å². The molecule has 0 unspecified atom stereocenters. The lowest BCUT2D eigenvalue weighted by atomic mass is 10.3. The quantitative estimate of drug-likeness (QED) is 0.701. The molecule has 0 aliphatic heterocycles. The number of nitrogens with zero attached hydrogens (tertiary/aromatic N) is 1. The average Bonchev–Trinajstić information content (AvgIpc) is 3.09. The van der Waals surface area contributed by atoms with Crippen LogP contribution in [0.3, 0.4) is 0 Å². The van der Waals surface area contributed by atoms with Crippen molar-refractivity contribution in [3.8, 4) is 5.75 Å². The summed E-state index contributed by atoms with van der Waals surface area (Å²) >= 11 is 1.62. The van der Waals surface area contributed by atoms with E-state index < -0.39 is 17.8 Å². The van der Waals surface area contributed by atoms with E-state index in [4.69, 9.17) is 4.74 Å². The van der Waals surface area contributed by atoms with E-state index in [1.807, 2.05) is 17.5 Å². The maximum Gasteiger partial charge on any atom is 0.321 e. The summed E-state index contributed by atoms with van der Waals surface area (Å²) in [7, 11) is 1.72. The molecule has 140 valence electrons. The number of likely N-dealkylation sites (N-methyl/N-ethyl adjacent to an activating group) is 1. The molecular formula is C18H22FN3O3S. The molecule has 0 radical (unpaired) electrons. The summed E-state index contributed by atoms with van der Waals surface area (Å²) in [4.78, 5) is 26.4. The second kappa shape index (κ2) is 10.5. The van der Waals surface area contributed by atoms with Crippen LogP contribution in [-0.4, -0.2) is 50.1 Å². The van der Waals surface area contributed by atoms with E-state index in [1.165, 1.54) is 10.9 Å². The molecule has 0 aliphatic carbocycles. The number of amides is 3. The molecule has 1 aromatic heterocycles. The molecule has 0 saturated heterocycles. The van der Waals surface area contributed by atoms with Crippen molar-refractivity contribution in [2.24, 2.45) is 0 Å². The molecule has 26 heavy (non-hydrogen) atoms. The van der Waals surface area contributed by atoms with Crippen molar-refractivity contribution in [3.05, 3.63) is 52.5 Å². The molecule has 2 aromatic rings. The summed E-state index contributed by atoms with van der Waals surface area (Å²) < 4.78 is 18.7. The number of nitrogens with one attached hydrogen (secondary N) is 2. The lowest BCUT2D eigenvalue weighted by Crippen LogP contribution is -2.44. The zero-order valence-electron chi connectivity index (χ0n) is 14.5. The van der Waals surface area contributed by atoms with Crippen LogP contribution in [-0.2, 0) is 11.2 Å². The van der Waals surface area contributed by atoms with Gasteiger partial charge in [0.05, 0.1) is 6.54 Å². The SMILES string of the molecule is CN(CCOc1ccccc1F)CC(=O)NC(=O)NCCc1cccs1. The summed E-state index contributed by atoms with van der Waals surface area (Å²) in [5.74, 6) is -0.658. The van der Waals surface area contributed by atoms with Crippen molar-refractivity contribution in [1.29, 1.82) is 0 Å². The largest absolute Gasteiger partial charge is 0.489 e. The van der Waals surface area contributed by atoms with E-state index in [-0.39, 0.29) is 18.9 Å². The molecule has 0 saturated carbocycles. The lowest BCUT2D eigenvalue weighted by Gasteiger charge is -2.16. The highest BCUT2D eigenvalue weighted by atomic mass is 32.1. The Kier molecular flexibility index (Phi) is 8.04. The zero-order valence-corrected chi connectivity index (χ0v) is 15.4. The number of halogens is 1. The number of rotatable bonds is 9. The minimum Gasteiger partial charge on any atom is -0.489 e. The molecule has 1 aromatic carbocycles. The van der Waals surface area contributed by atoms with E-state index in [0.717, 1.165) is 6.42 Å². The number of para-hydroxylation sites is 1. The molecule has 0 atom stereocenters. The molecule has 0 spiro atoms. The smallest absolute Gasteiger partial charge is 0.321 e. The van der Waals surface area contributed by atoms with Crippen LogP contribution in [0, 0.1) is 5.82 Å². The molecule has 2 N–H and O–H groups in total. The highest BCUT2D eigenvalue weighted by molar-refractivity contribution is 7.09. The van der Waals surface area contributed by atoms with E-state index >= 15 is 0 Å². The number of ether oxygens (including phenoxy) is 1. The van der Waals surface area contributed by atoms with Gasteiger partial charge in [-0.05, 0) is 37.0 Å². The molecule has 1 heterocycles. The fourth-order valence-corrected chi connectivity index (χ4v) is 2.87. The van der Waals surface area contributed by atoms with E-state index in [0.29, 0.717) is 13.1 Å². The Hall–Kier alpha value is -2.45. The van der Waals surface area contributed by atoms with Crippen LogP contribution in [0.1, 0.15) is 4.88 Å². The number of carbonyl (C=O) groups excluding carboxylic acids is 2. The van der Waals surface area contributed by atoms with Crippen LogP contribution in [0.2, 0.25) is 0 Å². The highest BCUT2D eigenvalue weighted by Crippen LogP contribution is 2.14. The number of imide groups is 1. The zero-order chi connectivity index (χ0) is 18.8. The van der Waals surface area contributed by atoms with Gasteiger partial charge in [0.1, 0.15) is 6.61 Å². The van der Waals surface area contributed by atoms with Gasteiger partial charge in [0.15, 0.2) is 11.6 Å². The maximum atomic E-state index is 13.4. The lowest BCUT2D eigenvalue weighted by molar-refractivity contribution is -0.120. The summed E-state index contributed by atoms with van der Waals surface area (Å²) in [6.07, 6.45) is 0.729. The number of hydrogen-bond acceptors (Lipinski definition) is 5. The fourth-order valence-electron chi connectivity index (χ4n) is 2.16. The van der Waals surface area contributed by atoms with Gasteiger partial charge in [-0.25, -0.2) is 9.18 Å². The third-order valence-corrected chi connectivity index (χ3v) is 4.41. The van der Waals surface area contributed by atoms with E-state index in [9.17, 15) is 14.0 Å². The predicted octanol–water partition coefficient (Wildman–Crippen LogP) is 2.27. The number of urea groups is 1. The first-order chi connectivity index (χ1) is 12.5. The Labute approximate surface area is 156 Å². The van der Waals surface area contributed by atoms with Crippen molar-refractivity contribution in [3.63, 3.8) is 0 Å². The van der Waals surface area contributed by atoms with Crippen LogP contribution >= 0.6 is 11.3 Å². The van der Waals surface area contributed by atoms with E-state index in [2.05, 4.69) is 10.6 Å². The second-order valence-electron chi connectivity index (χ2n) is 5.65. The maximum absolute atomic E-state index is 13.4. The van der Waals surface area contributed by atoms with E-state index in [1.54, 1.807) is 41.5 Å². The van der Waals surface area contributed by atoms with Gasteiger partial charge in [-0.15, -0.1) is 11.3 Å². The minimum absolute atomic E-state index is 0.0407. The van der Waals surface area contributed by atoms with Crippen LogP contribution in [0.5, 0.6) is 5.75 Å². The van der Waals surface area contributed by atoms with Gasteiger partial charge >= 0.3 is 6.03 Å². The Balaban J connectivity index is 1.59. The first-order valence-corrected chi connectivity index (χ1v) is 9.08. The van der Waals surface area contributed by atoms with Crippen molar-refractivity contribution in [2.75, 3.05) is 33.3 Å². The molecular weight excluding hydrogens is 357 g/mol. The molecule has 2 rings (SSSR count). The first kappa shape index (κ1) is 19.9. The molecule has 6 nitrogen and oxygen atoms in total. The van der Waals surface area contributed by atoms with Gasteiger partial charge in [0.2, 0.25) is 5.91 Å². The Bertz CT molecular complexity index is 709. The third kappa shape index (κ3) is 7.20. The van der Waals surface area contributed by atoms with Crippen LogP contribution in [0.15, 0.2) is 41.8 Å². The average molecular weight is 379 g/mol. The number of hydrogen-bond donors (Lipinski definition) is 2. The Morgan fingerprint density at radius 1 is 1.23 bits per heavy atom. The molecule has 8 heteroatoms. The Morgan fingerprint density at radius 3 is 2.77 bits per heavy atom. The number of thiophene rings is 1. The molecule has 3 amide bonds. The minimum atomic E-state index is -0.512. The van der Waals surface area contributed by atoms with Gasteiger partial charge in [0.25, 0.3) is 0 Å². The van der Waals surface area contributed by atoms with Crippen LogP contribution < -0.4 is 15.4 Å². The topological polar surface area (TPSA) is 70.7 Å². The highest BCUT2D eigenvalue weighted by Gasteiger charge is 2.11. The van der Waals surface area contributed by atoms with Gasteiger partial charge in [-0.2, -0.15) is 0 Å². The number of carbonyl (C=O) groups is 2. The first-order valence-electron chi connectivity index (χ1n) is 8.20. The standard InChI is InChI=1S/C18H22FN3O3S/c1-22(10-11-25-16-7-3-2-6-15(16)19)13-17(23)21-18(24)20-9-8-14-5-4-12-26-14/h2-7,12H,8-11,13H2,1H3,(H2,20,21,23,24). The molecule has 0 bridgehead atoms. The second-order valence-corrected chi connectivity index (χ2v) is 6.68. The summed E-state index contributed by atoms with van der Waals surface area (Å²) in [6, 6.07) is 9.58. The van der Waals surface area contributed by atoms with Crippen molar-refractivity contribution in [2.45, 2.75) is 6.42 Å². The Morgan fingerprint density at radius 2 is 2.04 bits per heavy atom. The monoisotopic (exact) mass is 379 g/mol. The normalized spacial score (nSPS) is 10.6. The fraction of sp³-hybridized carbons (Fsp3) is 0.333. The van der Waals surface area contributed by atoms with Crippen LogP contribution in [0.4, 0.5) is 9.18 Å². The predicted molar refractivity (Wildman–Crippen MR) is 99.0 cm³/mol. The third-order valence-electron chi connectivity index (χ3n) is 3.47. The van der Waals surface area contributed by atoms with Gasteiger partial charge in [0, 0.05) is 18.0 Å². The molecule has 0 aliphatic rings.